The Balaban J connectivity index is 2.08. The number of aromatic carboxylic acids is 1. The second kappa shape index (κ2) is 8.09. The van der Waals surface area contributed by atoms with Gasteiger partial charge in [-0.25, -0.2) is 9.48 Å². The van der Waals surface area contributed by atoms with Crippen LogP contribution >= 0.6 is 0 Å². The number of nitrogens with one attached hydrogen (secondary N) is 1. The van der Waals surface area contributed by atoms with E-state index in [1.807, 2.05) is 6.92 Å². The Labute approximate surface area is 133 Å². The summed E-state index contributed by atoms with van der Waals surface area (Å²) in [6.45, 7) is 3.09. The van der Waals surface area contributed by atoms with Crippen LogP contribution in [0.5, 0.6) is 0 Å². The highest BCUT2D eigenvalue weighted by molar-refractivity contribution is 5.92. The average molecular weight is 317 g/mol. The van der Waals surface area contributed by atoms with Crippen LogP contribution in [0.25, 0.3) is 5.69 Å². The first kappa shape index (κ1) is 16.7. The number of rotatable bonds is 8. The van der Waals surface area contributed by atoms with E-state index < -0.39 is 5.97 Å². The minimum atomic E-state index is -1.10. The summed E-state index contributed by atoms with van der Waals surface area (Å²) in [5.41, 5.74) is 1.13. The number of carbonyl (C=O) groups is 2. The average Bonchev–Trinajstić information content (AvgIpc) is 3.02. The fraction of sp³-hybridized carbons (Fsp3) is 0.312. The summed E-state index contributed by atoms with van der Waals surface area (Å²) in [4.78, 5) is 22.9. The molecule has 0 saturated heterocycles. The van der Waals surface area contributed by atoms with Crippen molar-refractivity contribution >= 4 is 17.6 Å². The molecule has 23 heavy (non-hydrogen) atoms. The van der Waals surface area contributed by atoms with Gasteiger partial charge in [-0.15, -0.1) is 0 Å². The second-order valence-electron chi connectivity index (χ2n) is 4.82. The largest absolute Gasteiger partial charge is 0.476 e. The van der Waals surface area contributed by atoms with Gasteiger partial charge < -0.3 is 15.2 Å². The summed E-state index contributed by atoms with van der Waals surface area (Å²) in [5, 5.41) is 15.7. The maximum Gasteiger partial charge on any atom is 0.356 e. The first-order valence-electron chi connectivity index (χ1n) is 7.37. The topological polar surface area (TPSA) is 93.5 Å². The zero-order valence-corrected chi connectivity index (χ0v) is 12.9. The fourth-order valence-corrected chi connectivity index (χ4v) is 2.04. The number of anilines is 1. The van der Waals surface area contributed by atoms with Crippen molar-refractivity contribution in [2.24, 2.45) is 0 Å². The van der Waals surface area contributed by atoms with Crippen LogP contribution in [0.4, 0.5) is 5.69 Å². The molecule has 0 aliphatic carbocycles. The summed E-state index contributed by atoms with van der Waals surface area (Å²) in [7, 11) is 0. The van der Waals surface area contributed by atoms with Gasteiger partial charge in [-0.3, -0.25) is 4.79 Å². The van der Waals surface area contributed by atoms with Crippen molar-refractivity contribution in [2.45, 2.75) is 19.8 Å². The maximum atomic E-state index is 12.0. The van der Waals surface area contributed by atoms with Gasteiger partial charge in [-0.2, -0.15) is 5.10 Å². The number of hydrogen-bond acceptors (Lipinski definition) is 4. The van der Waals surface area contributed by atoms with Crippen LogP contribution in [0, 0.1) is 0 Å². The number of carboxylic acid groups (broad SMARTS) is 1. The number of carboxylic acids is 1. The molecule has 2 rings (SSSR count). The molecule has 1 heterocycles. The lowest BCUT2D eigenvalue weighted by Crippen LogP contribution is -2.14. The van der Waals surface area contributed by atoms with Gasteiger partial charge in [-0.05, 0) is 31.5 Å². The summed E-state index contributed by atoms with van der Waals surface area (Å²) in [6, 6.07) is 8.50. The van der Waals surface area contributed by atoms with E-state index >= 15 is 0 Å². The minimum Gasteiger partial charge on any atom is -0.476 e. The van der Waals surface area contributed by atoms with E-state index in [0.29, 0.717) is 37.4 Å². The Hall–Kier alpha value is -2.67. The molecule has 1 amide bonds. The zero-order valence-electron chi connectivity index (χ0n) is 12.9. The molecule has 122 valence electrons. The molecule has 1 aromatic heterocycles. The SMILES string of the molecule is CCOCCCC(=O)Nc1ccccc1-n1ccc(C(=O)O)n1. The number of carbonyl (C=O) groups excluding carboxylic acids is 1. The maximum absolute atomic E-state index is 12.0. The Morgan fingerprint density at radius 1 is 1.30 bits per heavy atom. The summed E-state index contributed by atoms with van der Waals surface area (Å²) in [6.07, 6.45) is 2.55. The fourth-order valence-electron chi connectivity index (χ4n) is 2.04. The normalized spacial score (nSPS) is 10.5. The molecule has 0 unspecified atom stereocenters. The van der Waals surface area contributed by atoms with Crippen LogP contribution in [0.1, 0.15) is 30.3 Å². The number of ether oxygens (including phenoxy) is 1. The molecule has 0 bridgehead atoms. The van der Waals surface area contributed by atoms with Gasteiger partial charge in [-0.1, -0.05) is 12.1 Å². The first-order chi connectivity index (χ1) is 11.1. The van der Waals surface area contributed by atoms with Crippen LogP contribution in [-0.2, 0) is 9.53 Å². The third-order valence-corrected chi connectivity index (χ3v) is 3.13. The molecule has 2 N–H and O–H groups in total. The molecule has 0 fully saturated rings. The van der Waals surface area contributed by atoms with Crippen LogP contribution in [0.2, 0.25) is 0 Å². The van der Waals surface area contributed by atoms with Gasteiger partial charge in [0.25, 0.3) is 0 Å². The molecule has 7 nitrogen and oxygen atoms in total. The highest BCUT2D eigenvalue weighted by Gasteiger charge is 2.11. The lowest BCUT2D eigenvalue weighted by Gasteiger charge is -2.11. The first-order valence-corrected chi connectivity index (χ1v) is 7.37. The number of para-hydroxylation sites is 2. The van der Waals surface area contributed by atoms with Crippen molar-refractivity contribution < 1.29 is 19.4 Å². The predicted molar refractivity (Wildman–Crippen MR) is 84.9 cm³/mol. The Kier molecular flexibility index (Phi) is 5.87. The van der Waals surface area contributed by atoms with Gasteiger partial charge in [0.1, 0.15) is 0 Å². The highest BCUT2D eigenvalue weighted by Crippen LogP contribution is 2.20. The van der Waals surface area contributed by atoms with Crippen LogP contribution in [0.3, 0.4) is 0 Å². The van der Waals surface area contributed by atoms with Gasteiger partial charge in [0, 0.05) is 25.8 Å². The molecule has 0 aliphatic heterocycles. The van der Waals surface area contributed by atoms with E-state index in [9.17, 15) is 9.59 Å². The monoisotopic (exact) mass is 317 g/mol. The van der Waals surface area contributed by atoms with Crippen molar-refractivity contribution in [1.29, 1.82) is 0 Å². The predicted octanol–water partition coefficient (Wildman–Crippen LogP) is 2.33. The van der Waals surface area contributed by atoms with Crippen LogP contribution in [-0.4, -0.2) is 40.0 Å². The summed E-state index contributed by atoms with van der Waals surface area (Å²) >= 11 is 0. The molecule has 0 spiro atoms. The number of aromatic nitrogens is 2. The van der Waals surface area contributed by atoms with Gasteiger partial charge >= 0.3 is 5.97 Å². The van der Waals surface area contributed by atoms with E-state index in [2.05, 4.69) is 10.4 Å². The van der Waals surface area contributed by atoms with Crippen molar-refractivity contribution in [2.75, 3.05) is 18.5 Å². The number of nitrogens with zero attached hydrogens (tertiary/aromatic N) is 2. The zero-order chi connectivity index (χ0) is 16.7. The second-order valence-corrected chi connectivity index (χ2v) is 4.82. The summed E-state index contributed by atoms with van der Waals surface area (Å²) < 4.78 is 6.63. The molecule has 7 heteroatoms. The van der Waals surface area contributed by atoms with Gasteiger partial charge in [0.2, 0.25) is 5.91 Å². The van der Waals surface area contributed by atoms with E-state index in [4.69, 9.17) is 9.84 Å². The standard InChI is InChI=1S/C16H19N3O4/c1-2-23-11-5-8-15(20)17-12-6-3-4-7-14(12)19-10-9-13(18-19)16(21)22/h3-4,6-7,9-10H,2,5,8,11H2,1H3,(H,17,20)(H,21,22). The van der Waals surface area contributed by atoms with Crippen molar-refractivity contribution in [3.05, 3.63) is 42.2 Å². The van der Waals surface area contributed by atoms with Crippen molar-refractivity contribution in [1.82, 2.24) is 9.78 Å². The third kappa shape index (κ3) is 4.65. The molecule has 0 radical (unpaired) electrons. The molecular formula is C16H19N3O4. The third-order valence-electron chi connectivity index (χ3n) is 3.13. The van der Waals surface area contributed by atoms with Gasteiger partial charge in [0.05, 0.1) is 11.4 Å². The van der Waals surface area contributed by atoms with Crippen molar-refractivity contribution in [3.8, 4) is 5.69 Å². The molecule has 1 aromatic carbocycles. The molecule has 0 aliphatic rings. The lowest BCUT2D eigenvalue weighted by atomic mass is 10.2. The number of hydrogen-bond donors (Lipinski definition) is 2. The van der Waals surface area contributed by atoms with E-state index in [0.717, 1.165) is 0 Å². The van der Waals surface area contributed by atoms with E-state index in [1.165, 1.54) is 10.7 Å². The van der Waals surface area contributed by atoms with E-state index in [-0.39, 0.29) is 11.6 Å². The summed E-state index contributed by atoms with van der Waals surface area (Å²) in [5.74, 6) is -1.22. The van der Waals surface area contributed by atoms with Crippen LogP contribution in [0.15, 0.2) is 36.5 Å². The smallest absolute Gasteiger partial charge is 0.356 e. The number of amides is 1. The molecule has 0 atom stereocenters. The molecule has 2 aromatic rings. The van der Waals surface area contributed by atoms with Gasteiger partial charge in [0.15, 0.2) is 5.69 Å². The molecule has 0 saturated carbocycles. The number of benzene rings is 1. The highest BCUT2D eigenvalue weighted by atomic mass is 16.5. The molecular weight excluding hydrogens is 298 g/mol. The Bertz CT molecular complexity index is 681. The Morgan fingerprint density at radius 2 is 2.09 bits per heavy atom. The van der Waals surface area contributed by atoms with Crippen molar-refractivity contribution in [3.63, 3.8) is 0 Å². The minimum absolute atomic E-state index is 0.0529. The quantitative estimate of drug-likeness (QED) is 0.729. The van der Waals surface area contributed by atoms with E-state index in [1.54, 1.807) is 30.5 Å². The lowest BCUT2D eigenvalue weighted by molar-refractivity contribution is -0.116. The van der Waals surface area contributed by atoms with Crippen LogP contribution < -0.4 is 5.32 Å². The Morgan fingerprint density at radius 3 is 2.78 bits per heavy atom.